The van der Waals surface area contributed by atoms with Crippen LogP contribution in [0.4, 0.5) is 42.0 Å². The molecule has 170 valence electrons. The molecular weight excluding hydrogens is 463 g/mol. The van der Waals surface area contributed by atoms with Crippen LogP contribution in [0.1, 0.15) is 0 Å². The van der Waals surface area contributed by atoms with Crippen molar-refractivity contribution in [1.29, 1.82) is 0 Å². The Kier molecular flexibility index (Phi) is 5.78. The molecular formula is C18H14F3N9O2S. The molecule has 4 rings (SSSR count). The van der Waals surface area contributed by atoms with E-state index in [-0.39, 0.29) is 17.3 Å². The van der Waals surface area contributed by atoms with E-state index in [4.69, 9.17) is 0 Å². The highest BCUT2D eigenvalue weighted by atomic mass is 32.2. The number of nitrogens with one attached hydrogen (secondary N) is 3. The highest BCUT2D eigenvalue weighted by Crippen LogP contribution is 2.30. The molecule has 2 heterocycles. The Morgan fingerprint density at radius 2 is 1.79 bits per heavy atom. The van der Waals surface area contributed by atoms with Gasteiger partial charge in [0.05, 0.1) is 29.5 Å². The molecule has 0 unspecified atom stereocenters. The summed E-state index contributed by atoms with van der Waals surface area (Å²) in [5, 5.41) is 15.9. The summed E-state index contributed by atoms with van der Waals surface area (Å²) >= 11 is 0. The lowest BCUT2D eigenvalue weighted by molar-refractivity contribution is 0.604. The first-order valence-electron chi connectivity index (χ1n) is 9.05. The van der Waals surface area contributed by atoms with Crippen molar-refractivity contribution in [2.24, 2.45) is 0 Å². The number of aromatic nitrogens is 6. The molecule has 15 heteroatoms. The summed E-state index contributed by atoms with van der Waals surface area (Å²) in [6.07, 6.45) is 2.97. The quantitative estimate of drug-likeness (QED) is 0.366. The van der Waals surface area contributed by atoms with Gasteiger partial charge in [0.1, 0.15) is 23.6 Å². The summed E-state index contributed by atoms with van der Waals surface area (Å²) in [5.41, 5.74) is -0.144. The van der Waals surface area contributed by atoms with Crippen molar-refractivity contribution >= 4 is 38.9 Å². The first kappa shape index (κ1) is 21.9. The lowest BCUT2D eigenvalue weighted by Gasteiger charge is -2.14. The maximum absolute atomic E-state index is 14.3. The molecule has 0 aliphatic heterocycles. The SMILES string of the molecule is CS(=O)(=O)Nc1c(F)cccc1Nc1nc(Nc2cc(-n3cnnn3)ccc2F)ncc1F. The molecule has 0 atom stereocenters. The number of para-hydroxylation sites is 1. The molecule has 0 aliphatic rings. The average Bonchev–Trinajstić information content (AvgIpc) is 3.29. The third-order valence-electron chi connectivity index (χ3n) is 4.11. The zero-order chi connectivity index (χ0) is 23.6. The van der Waals surface area contributed by atoms with E-state index < -0.39 is 39.0 Å². The van der Waals surface area contributed by atoms with Gasteiger partial charge in [0, 0.05) is 0 Å². The van der Waals surface area contributed by atoms with Gasteiger partial charge in [-0.2, -0.15) is 4.98 Å². The van der Waals surface area contributed by atoms with E-state index in [0.29, 0.717) is 5.69 Å². The van der Waals surface area contributed by atoms with Crippen molar-refractivity contribution in [3.63, 3.8) is 0 Å². The summed E-state index contributed by atoms with van der Waals surface area (Å²) in [7, 11) is -3.83. The standard InChI is InChI=1S/C18H14F3N9O2S/c1-33(31,32)27-16-12(20)3-2-4-14(16)24-17-13(21)8-22-18(26-17)25-15-7-10(5-6-11(15)19)30-9-23-28-29-30/h2-9,27H,1H3,(H2,22,24,25,26). The van der Waals surface area contributed by atoms with Gasteiger partial charge in [-0.05, 0) is 40.8 Å². The van der Waals surface area contributed by atoms with E-state index in [1.165, 1.54) is 35.3 Å². The number of anilines is 5. The van der Waals surface area contributed by atoms with Gasteiger partial charge >= 0.3 is 0 Å². The number of nitrogens with zero attached hydrogens (tertiary/aromatic N) is 6. The molecule has 0 radical (unpaired) electrons. The van der Waals surface area contributed by atoms with Crippen molar-refractivity contribution in [2.75, 3.05) is 21.6 Å². The van der Waals surface area contributed by atoms with Crippen LogP contribution in [0.3, 0.4) is 0 Å². The molecule has 2 aromatic heterocycles. The predicted octanol–water partition coefficient (Wildman–Crippen LogP) is 2.73. The molecule has 11 nitrogen and oxygen atoms in total. The second-order valence-corrected chi connectivity index (χ2v) is 8.34. The molecule has 0 amide bonds. The van der Waals surface area contributed by atoms with E-state index in [1.807, 2.05) is 4.72 Å². The molecule has 0 spiro atoms. The molecule has 0 saturated heterocycles. The van der Waals surface area contributed by atoms with Gasteiger partial charge in [0.2, 0.25) is 16.0 Å². The molecule has 2 aromatic carbocycles. The second kappa shape index (κ2) is 8.70. The lowest BCUT2D eigenvalue weighted by atomic mass is 10.2. The predicted molar refractivity (Wildman–Crippen MR) is 113 cm³/mol. The zero-order valence-corrected chi connectivity index (χ0v) is 17.5. The number of rotatable bonds is 7. The summed E-state index contributed by atoms with van der Waals surface area (Å²) < 4.78 is 69.3. The molecule has 0 bridgehead atoms. The van der Waals surface area contributed by atoms with Crippen LogP contribution in [0.5, 0.6) is 0 Å². The molecule has 33 heavy (non-hydrogen) atoms. The van der Waals surface area contributed by atoms with Crippen LogP contribution < -0.4 is 15.4 Å². The van der Waals surface area contributed by atoms with Gasteiger partial charge in [-0.15, -0.1) is 5.10 Å². The fraction of sp³-hybridized carbons (Fsp3) is 0.0556. The van der Waals surface area contributed by atoms with Crippen molar-refractivity contribution < 1.29 is 21.6 Å². The first-order chi connectivity index (χ1) is 15.7. The largest absolute Gasteiger partial charge is 0.336 e. The van der Waals surface area contributed by atoms with Crippen LogP contribution >= 0.6 is 0 Å². The summed E-state index contributed by atoms with van der Waals surface area (Å²) in [6, 6.07) is 7.63. The molecule has 3 N–H and O–H groups in total. The van der Waals surface area contributed by atoms with Gasteiger partial charge in [-0.25, -0.2) is 31.3 Å². The van der Waals surface area contributed by atoms with Gasteiger partial charge in [-0.1, -0.05) is 6.07 Å². The van der Waals surface area contributed by atoms with Crippen LogP contribution in [0.25, 0.3) is 5.69 Å². The molecule has 0 saturated carbocycles. The van der Waals surface area contributed by atoms with Crippen LogP contribution in [-0.4, -0.2) is 44.8 Å². The minimum Gasteiger partial charge on any atom is -0.336 e. The van der Waals surface area contributed by atoms with Gasteiger partial charge in [0.25, 0.3) is 0 Å². The molecule has 0 aliphatic carbocycles. The maximum Gasteiger partial charge on any atom is 0.229 e. The van der Waals surface area contributed by atoms with Crippen LogP contribution in [-0.2, 0) is 10.0 Å². The first-order valence-corrected chi connectivity index (χ1v) is 10.9. The van der Waals surface area contributed by atoms with Crippen LogP contribution in [0.2, 0.25) is 0 Å². The minimum atomic E-state index is -3.83. The average molecular weight is 477 g/mol. The van der Waals surface area contributed by atoms with Gasteiger partial charge in [-0.3, -0.25) is 4.72 Å². The Balaban J connectivity index is 1.64. The third kappa shape index (κ3) is 5.15. The fourth-order valence-corrected chi connectivity index (χ4v) is 3.29. The summed E-state index contributed by atoms with van der Waals surface area (Å²) in [5.74, 6) is -3.07. The van der Waals surface area contributed by atoms with E-state index in [2.05, 4.69) is 36.1 Å². The summed E-state index contributed by atoms with van der Waals surface area (Å²) in [4.78, 5) is 7.71. The van der Waals surface area contributed by atoms with Crippen molar-refractivity contribution in [2.45, 2.75) is 0 Å². The van der Waals surface area contributed by atoms with Crippen LogP contribution in [0, 0.1) is 17.5 Å². The van der Waals surface area contributed by atoms with E-state index >= 15 is 0 Å². The lowest BCUT2D eigenvalue weighted by Crippen LogP contribution is -2.13. The van der Waals surface area contributed by atoms with E-state index in [9.17, 15) is 21.6 Å². The fourth-order valence-electron chi connectivity index (χ4n) is 2.71. The number of benzene rings is 2. The number of sulfonamides is 1. The summed E-state index contributed by atoms with van der Waals surface area (Å²) in [6.45, 7) is 0. The van der Waals surface area contributed by atoms with E-state index in [1.54, 1.807) is 0 Å². The van der Waals surface area contributed by atoms with Crippen molar-refractivity contribution in [3.8, 4) is 5.69 Å². The Labute approximate surface area is 184 Å². The Hall–Kier alpha value is -4.27. The minimum absolute atomic E-state index is 0.0502. The smallest absolute Gasteiger partial charge is 0.229 e. The highest BCUT2D eigenvalue weighted by Gasteiger charge is 2.16. The topological polar surface area (TPSA) is 140 Å². The van der Waals surface area contributed by atoms with Crippen molar-refractivity contribution in [1.82, 2.24) is 30.2 Å². The van der Waals surface area contributed by atoms with Crippen molar-refractivity contribution in [3.05, 3.63) is 66.4 Å². The molecule has 4 aromatic rings. The van der Waals surface area contributed by atoms with Gasteiger partial charge in [0.15, 0.2) is 11.6 Å². The maximum atomic E-state index is 14.3. The normalized spacial score (nSPS) is 11.3. The Bertz CT molecular complexity index is 1420. The number of hydrogen-bond acceptors (Lipinski definition) is 9. The Morgan fingerprint density at radius 1 is 0.970 bits per heavy atom. The zero-order valence-electron chi connectivity index (χ0n) is 16.7. The second-order valence-electron chi connectivity index (χ2n) is 6.60. The number of hydrogen-bond donors (Lipinski definition) is 3. The number of halogens is 3. The monoisotopic (exact) mass is 477 g/mol. The van der Waals surface area contributed by atoms with Gasteiger partial charge < -0.3 is 10.6 Å². The number of tetrazole rings is 1. The van der Waals surface area contributed by atoms with E-state index in [0.717, 1.165) is 24.6 Å². The molecule has 0 fully saturated rings. The highest BCUT2D eigenvalue weighted by molar-refractivity contribution is 7.92. The van der Waals surface area contributed by atoms with Crippen LogP contribution in [0.15, 0.2) is 48.9 Å². The Morgan fingerprint density at radius 3 is 2.52 bits per heavy atom. The third-order valence-corrected chi connectivity index (χ3v) is 4.68.